The second-order valence-corrected chi connectivity index (χ2v) is 6.98. The molecule has 8 heteroatoms. The maximum absolute atomic E-state index is 13.1. The van der Waals surface area contributed by atoms with E-state index in [0.717, 1.165) is 17.1 Å². The molecule has 1 amide bonds. The Morgan fingerprint density at radius 2 is 1.84 bits per heavy atom. The topological polar surface area (TPSA) is 87.1 Å². The van der Waals surface area contributed by atoms with E-state index in [4.69, 9.17) is 4.84 Å². The van der Waals surface area contributed by atoms with Crippen molar-refractivity contribution in [3.05, 3.63) is 87.8 Å². The fraction of sp³-hybridized carbons (Fsp3) is 0.167. The molecule has 1 N–H and O–H groups in total. The van der Waals surface area contributed by atoms with E-state index in [2.05, 4.69) is 5.32 Å². The number of nitrogens with zero attached hydrogens (tertiary/aromatic N) is 3. The molecular formula is C24H22FN4O3+. The highest BCUT2D eigenvalue weighted by Gasteiger charge is 2.17. The molecule has 0 saturated heterocycles. The molecule has 3 rings (SSSR count). The second kappa shape index (κ2) is 9.71. The van der Waals surface area contributed by atoms with Gasteiger partial charge in [0.25, 0.3) is 10.8 Å². The van der Waals surface area contributed by atoms with Crippen LogP contribution in [0.1, 0.15) is 23.9 Å². The van der Waals surface area contributed by atoms with Crippen molar-refractivity contribution < 1.29 is 18.9 Å². The van der Waals surface area contributed by atoms with Crippen molar-refractivity contribution in [3.8, 4) is 11.8 Å². The Kier molecular flexibility index (Phi) is 6.80. The van der Waals surface area contributed by atoms with Crippen LogP contribution in [-0.4, -0.2) is 22.0 Å². The van der Waals surface area contributed by atoms with Gasteiger partial charge in [0.15, 0.2) is 6.61 Å². The summed E-state index contributed by atoms with van der Waals surface area (Å²) < 4.78 is 15.0. The lowest BCUT2D eigenvalue weighted by Crippen LogP contribution is -2.13. The summed E-state index contributed by atoms with van der Waals surface area (Å²) in [6.07, 6.45) is 1.51. The Morgan fingerprint density at radius 3 is 2.44 bits per heavy atom. The van der Waals surface area contributed by atoms with Gasteiger partial charge in [0.05, 0.1) is 4.91 Å². The number of aromatic nitrogens is 1. The molecule has 0 aliphatic heterocycles. The van der Waals surface area contributed by atoms with Gasteiger partial charge in [-0.2, -0.15) is 5.26 Å². The fourth-order valence-electron chi connectivity index (χ4n) is 3.28. The van der Waals surface area contributed by atoms with Crippen LogP contribution in [0.4, 0.5) is 15.8 Å². The summed E-state index contributed by atoms with van der Waals surface area (Å²) in [7, 11) is 0. The molecule has 3 aromatic rings. The van der Waals surface area contributed by atoms with Gasteiger partial charge in [0, 0.05) is 34.9 Å². The summed E-state index contributed by atoms with van der Waals surface area (Å²) in [6.45, 7) is 5.78. The van der Waals surface area contributed by atoms with Crippen molar-refractivity contribution in [2.24, 2.45) is 0 Å². The average molecular weight is 433 g/mol. The van der Waals surface area contributed by atoms with E-state index in [1.165, 1.54) is 30.3 Å². The Morgan fingerprint density at radius 1 is 1.19 bits per heavy atom. The van der Waals surface area contributed by atoms with Crippen LogP contribution in [0.5, 0.6) is 0 Å². The lowest BCUT2D eigenvalue weighted by molar-refractivity contribution is -0.744. The number of hydrogen-bond acceptors (Lipinski definition) is 4. The molecule has 162 valence electrons. The van der Waals surface area contributed by atoms with Gasteiger partial charge in [0.2, 0.25) is 0 Å². The Labute approximate surface area is 184 Å². The summed E-state index contributed by atoms with van der Waals surface area (Å²) >= 11 is 0. The summed E-state index contributed by atoms with van der Waals surface area (Å²) in [4.78, 5) is 29.7. The minimum absolute atomic E-state index is 0.0800. The van der Waals surface area contributed by atoms with Crippen LogP contribution in [0.15, 0.2) is 60.2 Å². The quantitative estimate of drug-likeness (QED) is 0.317. The molecule has 0 unspecified atom stereocenters. The zero-order chi connectivity index (χ0) is 23.3. The molecule has 0 saturated carbocycles. The molecule has 0 atom stereocenters. The van der Waals surface area contributed by atoms with E-state index < -0.39 is 11.7 Å². The van der Waals surface area contributed by atoms with Crippen LogP contribution >= 0.6 is 0 Å². The number of halogens is 1. The first-order chi connectivity index (χ1) is 15.3. The second-order valence-electron chi connectivity index (χ2n) is 6.98. The van der Waals surface area contributed by atoms with Crippen molar-refractivity contribution in [1.29, 1.82) is 5.26 Å². The van der Waals surface area contributed by atoms with E-state index in [1.54, 1.807) is 31.2 Å². The van der Waals surface area contributed by atoms with Gasteiger partial charge in [-0.25, -0.2) is 9.23 Å². The number of anilines is 1. The molecule has 32 heavy (non-hydrogen) atoms. The normalized spacial score (nSPS) is 11.0. The number of carbonyl (C=O) groups is 1. The van der Waals surface area contributed by atoms with Crippen molar-refractivity contribution in [2.45, 2.75) is 20.8 Å². The lowest BCUT2D eigenvalue weighted by Gasteiger charge is -2.09. The first-order valence-corrected chi connectivity index (χ1v) is 9.92. The summed E-state index contributed by atoms with van der Waals surface area (Å²) in [5, 5.41) is 12.1. The third kappa shape index (κ3) is 4.90. The van der Waals surface area contributed by atoms with E-state index in [-0.39, 0.29) is 12.2 Å². The summed E-state index contributed by atoms with van der Waals surface area (Å²) in [6, 6.07) is 16.0. The molecule has 1 heterocycles. The fourth-order valence-corrected chi connectivity index (χ4v) is 3.28. The zero-order valence-corrected chi connectivity index (χ0v) is 17.9. The largest absolute Gasteiger partial charge is 0.321 e. The number of hydrogen-bond donors (Lipinski definition) is 1. The minimum atomic E-state index is -0.584. The first kappa shape index (κ1) is 22.4. The molecule has 0 aliphatic carbocycles. The third-order valence-corrected chi connectivity index (χ3v) is 4.80. The third-order valence-electron chi connectivity index (χ3n) is 4.80. The lowest BCUT2D eigenvalue weighted by atomic mass is 10.1. The summed E-state index contributed by atoms with van der Waals surface area (Å²) in [5.41, 5.74) is 3.93. The molecule has 0 fully saturated rings. The number of carbonyl (C=O) groups excluding carboxylic acids is 1. The van der Waals surface area contributed by atoms with E-state index in [1.807, 2.05) is 30.6 Å². The van der Waals surface area contributed by atoms with Crippen LogP contribution < -0.4 is 5.32 Å². The highest BCUT2D eigenvalue weighted by atomic mass is 19.1. The van der Waals surface area contributed by atoms with Gasteiger partial charge in [0.1, 0.15) is 17.5 Å². The van der Waals surface area contributed by atoms with Crippen LogP contribution in [0, 0.1) is 35.9 Å². The number of benzene rings is 2. The maximum atomic E-state index is 13.1. The van der Waals surface area contributed by atoms with Gasteiger partial charge in [-0.05, 0) is 74.9 Å². The molecule has 7 nitrogen and oxygen atoms in total. The highest BCUT2D eigenvalue weighted by Crippen LogP contribution is 2.25. The number of amides is 1. The van der Waals surface area contributed by atoms with Gasteiger partial charge >= 0.3 is 5.69 Å². The standard InChI is InChI=1S/C24H21FN4O3/c1-4-32-29(31)23-11-9-22(10-12-23)28-16(2)13-18(17(28)3)14-19(15-26)24(30)27-21-7-5-20(25)6-8-21/h5-14H,4H2,1-3H3/p+1. The molecule has 0 aliphatic rings. The molecule has 0 radical (unpaired) electrons. The maximum Gasteiger partial charge on any atom is 0.316 e. The molecule has 2 aromatic carbocycles. The summed E-state index contributed by atoms with van der Waals surface area (Å²) in [5.74, 6) is -1.000. The highest BCUT2D eigenvalue weighted by molar-refractivity contribution is 6.09. The van der Waals surface area contributed by atoms with Crippen LogP contribution in [0.3, 0.4) is 0 Å². The van der Waals surface area contributed by atoms with Crippen molar-refractivity contribution in [1.82, 2.24) is 4.57 Å². The van der Waals surface area contributed by atoms with Gasteiger partial charge in [-0.15, -0.1) is 0 Å². The van der Waals surface area contributed by atoms with Gasteiger partial charge in [-0.1, -0.05) is 0 Å². The van der Waals surface area contributed by atoms with Gasteiger partial charge in [-0.3, -0.25) is 4.79 Å². The molecular weight excluding hydrogens is 411 g/mol. The first-order valence-electron chi connectivity index (χ1n) is 9.92. The van der Waals surface area contributed by atoms with Crippen molar-refractivity contribution >= 4 is 23.4 Å². The molecule has 0 bridgehead atoms. The Hall–Kier alpha value is -4.25. The number of rotatable bonds is 7. The number of nitrogens with one attached hydrogen (secondary N) is 1. The van der Waals surface area contributed by atoms with Crippen LogP contribution in [0.2, 0.25) is 0 Å². The van der Waals surface area contributed by atoms with Gasteiger partial charge < -0.3 is 9.88 Å². The SMILES string of the molecule is CCO[N+](=O)c1ccc(-n2c(C)cc(C=C(C#N)C(=O)Nc3ccc(F)cc3)c2C)cc1. The molecule has 1 aromatic heterocycles. The number of nitriles is 1. The zero-order valence-electron chi connectivity index (χ0n) is 17.9. The van der Waals surface area contributed by atoms with Crippen LogP contribution in [-0.2, 0) is 9.63 Å². The predicted molar refractivity (Wildman–Crippen MR) is 119 cm³/mol. The van der Waals surface area contributed by atoms with E-state index >= 15 is 0 Å². The average Bonchev–Trinajstić information content (AvgIpc) is 3.06. The monoisotopic (exact) mass is 433 g/mol. The van der Waals surface area contributed by atoms with Crippen LogP contribution in [0.25, 0.3) is 11.8 Å². The predicted octanol–water partition coefficient (Wildman–Crippen LogP) is 5.14. The smallest absolute Gasteiger partial charge is 0.316 e. The van der Waals surface area contributed by atoms with Crippen molar-refractivity contribution in [2.75, 3.05) is 11.9 Å². The van der Waals surface area contributed by atoms with E-state index in [0.29, 0.717) is 21.9 Å². The number of aryl methyl sites for hydroxylation is 1. The Bertz CT molecular complexity index is 1220. The minimum Gasteiger partial charge on any atom is -0.321 e. The Balaban J connectivity index is 1.87. The molecule has 0 spiro atoms. The van der Waals surface area contributed by atoms with Crippen molar-refractivity contribution in [3.63, 3.8) is 0 Å². The van der Waals surface area contributed by atoms with E-state index in [9.17, 15) is 19.4 Å².